The van der Waals surface area contributed by atoms with Crippen molar-refractivity contribution in [3.05, 3.63) is 71.2 Å². The lowest BCUT2D eigenvalue weighted by molar-refractivity contribution is -0.138. The monoisotopic (exact) mass is 478 g/mol. The molecule has 34 heavy (non-hydrogen) atoms. The van der Waals surface area contributed by atoms with Crippen molar-refractivity contribution in [3.8, 4) is 5.69 Å². The summed E-state index contributed by atoms with van der Waals surface area (Å²) in [4.78, 5) is 20.2. The van der Waals surface area contributed by atoms with E-state index in [1.165, 1.54) is 6.33 Å². The summed E-state index contributed by atoms with van der Waals surface area (Å²) >= 11 is 0. The summed E-state index contributed by atoms with van der Waals surface area (Å²) in [6.07, 6.45) is -5.57. The number of hydrogen-bond acceptors (Lipinski definition) is 6. The van der Waals surface area contributed by atoms with Crippen molar-refractivity contribution < 1.29 is 31.9 Å². The highest BCUT2D eigenvalue weighted by Crippen LogP contribution is 2.32. The number of halogens is 5. The van der Waals surface area contributed by atoms with Crippen LogP contribution >= 0.6 is 0 Å². The number of fused-ring (bicyclic) bond motifs is 1. The fraction of sp³-hybridized carbons (Fsp3) is 0.143. The minimum atomic E-state index is -4.69. The van der Waals surface area contributed by atoms with Gasteiger partial charge in [-0.25, -0.2) is 23.4 Å². The lowest BCUT2D eigenvalue weighted by atomic mass is 10.0. The third kappa shape index (κ3) is 4.01. The lowest BCUT2D eigenvalue weighted by Crippen LogP contribution is -2.22. The SMILES string of the molecule is Cc1nn(-c2ccc(NC(=O)C(O)c3cccc(C(F)(F)F)c3)c(F)c2F)c2c(N)ncnc12. The quantitative estimate of drug-likeness (QED) is 0.385. The number of aliphatic hydroxyl groups excluding tert-OH is 1. The Balaban J connectivity index is 1.64. The number of rotatable bonds is 4. The minimum Gasteiger partial charge on any atom is -0.382 e. The van der Waals surface area contributed by atoms with Gasteiger partial charge < -0.3 is 16.2 Å². The minimum absolute atomic E-state index is 0.0213. The van der Waals surface area contributed by atoms with Crippen LogP contribution in [0.25, 0.3) is 16.7 Å². The number of aromatic nitrogens is 4. The van der Waals surface area contributed by atoms with Gasteiger partial charge in [0.25, 0.3) is 5.91 Å². The molecule has 0 saturated carbocycles. The molecule has 0 aliphatic carbocycles. The number of alkyl halides is 3. The highest BCUT2D eigenvalue weighted by molar-refractivity contribution is 5.95. The van der Waals surface area contributed by atoms with E-state index in [-0.39, 0.29) is 22.6 Å². The van der Waals surface area contributed by atoms with E-state index < -0.39 is 41.1 Å². The predicted octanol–water partition coefficient (Wildman–Crippen LogP) is 3.68. The second-order valence-corrected chi connectivity index (χ2v) is 7.23. The van der Waals surface area contributed by atoms with Crippen LogP contribution in [0.3, 0.4) is 0 Å². The van der Waals surface area contributed by atoms with E-state index in [2.05, 4.69) is 15.1 Å². The lowest BCUT2D eigenvalue weighted by Gasteiger charge is -2.15. The van der Waals surface area contributed by atoms with Gasteiger partial charge in [0.05, 0.1) is 16.9 Å². The second kappa shape index (κ2) is 8.33. The van der Waals surface area contributed by atoms with Gasteiger partial charge in [0, 0.05) is 0 Å². The highest BCUT2D eigenvalue weighted by Gasteiger charge is 2.32. The summed E-state index contributed by atoms with van der Waals surface area (Å²) in [5.41, 5.74) is 4.24. The Labute approximate surface area is 187 Å². The van der Waals surface area contributed by atoms with Crippen LogP contribution in [0.5, 0.6) is 0 Å². The number of nitrogens with zero attached hydrogens (tertiary/aromatic N) is 4. The molecule has 1 amide bonds. The molecule has 0 aliphatic heterocycles. The van der Waals surface area contributed by atoms with Crippen LogP contribution in [0.1, 0.15) is 22.9 Å². The Morgan fingerprint density at radius 2 is 1.88 bits per heavy atom. The smallest absolute Gasteiger partial charge is 0.382 e. The molecule has 0 radical (unpaired) electrons. The van der Waals surface area contributed by atoms with Crippen molar-refractivity contribution in [2.75, 3.05) is 11.1 Å². The summed E-state index contributed by atoms with van der Waals surface area (Å²) in [6.45, 7) is 1.59. The molecule has 176 valence electrons. The van der Waals surface area contributed by atoms with Crippen LogP contribution in [0.15, 0.2) is 42.7 Å². The zero-order chi connectivity index (χ0) is 24.8. The van der Waals surface area contributed by atoms with E-state index in [1.807, 2.05) is 5.32 Å². The zero-order valence-corrected chi connectivity index (χ0v) is 17.2. The number of nitrogens with two attached hydrogens (primary N) is 1. The average molecular weight is 478 g/mol. The Morgan fingerprint density at radius 1 is 1.15 bits per heavy atom. The molecule has 1 unspecified atom stereocenters. The van der Waals surface area contributed by atoms with Crippen molar-refractivity contribution in [2.45, 2.75) is 19.2 Å². The molecule has 0 saturated heterocycles. The van der Waals surface area contributed by atoms with Gasteiger partial charge in [-0.05, 0) is 36.8 Å². The number of nitrogens with one attached hydrogen (secondary N) is 1. The molecule has 8 nitrogen and oxygen atoms in total. The second-order valence-electron chi connectivity index (χ2n) is 7.23. The molecule has 1 atom stereocenters. The maximum absolute atomic E-state index is 14.9. The average Bonchev–Trinajstić information content (AvgIpc) is 3.13. The van der Waals surface area contributed by atoms with Crippen molar-refractivity contribution in [3.63, 3.8) is 0 Å². The topological polar surface area (TPSA) is 119 Å². The molecule has 0 fully saturated rings. The summed E-state index contributed by atoms with van der Waals surface area (Å²) in [5.74, 6) is -4.17. The Bertz CT molecular complexity index is 1420. The Morgan fingerprint density at radius 3 is 2.59 bits per heavy atom. The van der Waals surface area contributed by atoms with Crippen LogP contribution in [0, 0.1) is 18.6 Å². The van der Waals surface area contributed by atoms with Crippen LogP contribution < -0.4 is 11.1 Å². The number of carbonyl (C=O) groups excluding carboxylic acids is 1. The third-order valence-corrected chi connectivity index (χ3v) is 4.98. The van der Waals surface area contributed by atoms with E-state index in [1.54, 1.807) is 6.92 Å². The molecule has 0 aliphatic rings. The molecular formula is C21H15F5N6O2. The van der Waals surface area contributed by atoms with Gasteiger partial charge >= 0.3 is 6.18 Å². The number of carbonyl (C=O) groups is 1. The molecule has 0 spiro atoms. The van der Waals surface area contributed by atoms with Gasteiger partial charge in [-0.15, -0.1) is 0 Å². The van der Waals surface area contributed by atoms with Crippen molar-refractivity contribution in [2.24, 2.45) is 0 Å². The molecule has 4 N–H and O–H groups in total. The maximum Gasteiger partial charge on any atom is 0.416 e. The number of nitrogen functional groups attached to an aromatic ring is 1. The Hall–Kier alpha value is -4.13. The number of benzene rings is 2. The van der Waals surface area contributed by atoms with Gasteiger partial charge in [-0.2, -0.15) is 18.3 Å². The van der Waals surface area contributed by atoms with E-state index in [9.17, 15) is 31.9 Å². The first-order chi connectivity index (χ1) is 16.0. The van der Waals surface area contributed by atoms with Gasteiger partial charge in [-0.1, -0.05) is 12.1 Å². The highest BCUT2D eigenvalue weighted by atomic mass is 19.4. The molecular weight excluding hydrogens is 463 g/mol. The van der Waals surface area contributed by atoms with Gasteiger partial charge in [0.1, 0.15) is 23.0 Å². The van der Waals surface area contributed by atoms with Crippen LogP contribution in [-0.4, -0.2) is 30.8 Å². The van der Waals surface area contributed by atoms with E-state index in [0.717, 1.165) is 35.0 Å². The number of amides is 1. The Kier molecular flexibility index (Phi) is 5.65. The van der Waals surface area contributed by atoms with Crippen molar-refractivity contribution in [1.29, 1.82) is 0 Å². The number of anilines is 2. The normalized spacial score (nSPS) is 12.7. The molecule has 13 heteroatoms. The predicted molar refractivity (Wildman–Crippen MR) is 111 cm³/mol. The summed E-state index contributed by atoms with van der Waals surface area (Å²) < 4.78 is 69.4. The fourth-order valence-electron chi connectivity index (χ4n) is 3.32. The van der Waals surface area contributed by atoms with Gasteiger partial charge in [0.15, 0.2) is 23.6 Å². The number of aliphatic hydroxyl groups is 1. The largest absolute Gasteiger partial charge is 0.416 e. The third-order valence-electron chi connectivity index (χ3n) is 4.98. The van der Waals surface area contributed by atoms with E-state index >= 15 is 0 Å². The molecule has 2 aromatic heterocycles. The first-order valence-electron chi connectivity index (χ1n) is 9.59. The molecule has 2 aromatic carbocycles. The van der Waals surface area contributed by atoms with Crippen LogP contribution in [-0.2, 0) is 11.0 Å². The molecule has 4 aromatic rings. The fourth-order valence-corrected chi connectivity index (χ4v) is 3.32. The van der Waals surface area contributed by atoms with Gasteiger partial charge in [0.2, 0.25) is 0 Å². The van der Waals surface area contributed by atoms with Crippen molar-refractivity contribution >= 4 is 28.4 Å². The maximum atomic E-state index is 14.9. The molecule has 2 heterocycles. The standard InChI is InChI=1S/C21H15F5N6O2/c1-9-16-17(19(27)29-8-28-16)32(31-9)13-6-5-12(14(22)15(13)23)30-20(34)18(33)10-3-2-4-11(7-10)21(24,25)26/h2-8,18,33H,1H3,(H,30,34)(H2,27,28,29). The summed E-state index contributed by atoms with van der Waals surface area (Å²) in [6, 6.07) is 5.56. The number of hydrogen-bond donors (Lipinski definition) is 3. The van der Waals surface area contributed by atoms with E-state index in [0.29, 0.717) is 17.3 Å². The number of aryl methyl sites for hydroxylation is 1. The molecule has 4 rings (SSSR count). The van der Waals surface area contributed by atoms with Gasteiger partial charge in [-0.3, -0.25) is 4.79 Å². The van der Waals surface area contributed by atoms with E-state index in [4.69, 9.17) is 5.73 Å². The molecule has 0 bridgehead atoms. The van der Waals surface area contributed by atoms with Crippen molar-refractivity contribution in [1.82, 2.24) is 19.7 Å². The zero-order valence-electron chi connectivity index (χ0n) is 17.2. The first kappa shape index (κ1) is 23.0. The summed E-state index contributed by atoms with van der Waals surface area (Å²) in [5, 5.41) is 16.2. The van der Waals surface area contributed by atoms with Crippen LogP contribution in [0.4, 0.5) is 33.5 Å². The van der Waals surface area contributed by atoms with Crippen LogP contribution in [0.2, 0.25) is 0 Å². The summed E-state index contributed by atoms with van der Waals surface area (Å²) in [7, 11) is 0. The first-order valence-corrected chi connectivity index (χ1v) is 9.59.